The third kappa shape index (κ3) is 4.99. The number of hydrogen-bond donors (Lipinski definition) is 1. The van der Waals surface area contributed by atoms with E-state index in [0.717, 1.165) is 5.56 Å². The Morgan fingerprint density at radius 1 is 1.13 bits per heavy atom. The van der Waals surface area contributed by atoms with E-state index in [2.05, 4.69) is 10.3 Å². The lowest BCUT2D eigenvalue weighted by Crippen LogP contribution is -2.20. The summed E-state index contributed by atoms with van der Waals surface area (Å²) in [5.41, 5.74) is 2.51. The number of carbonyl (C=O) groups excluding carboxylic acids is 1. The van der Waals surface area contributed by atoms with E-state index < -0.39 is 10.8 Å². The number of anilines is 1. The largest absolute Gasteiger partial charge is 0.477 e. The number of benzene rings is 3. The third-order valence-electron chi connectivity index (χ3n) is 4.40. The molecule has 0 saturated carbocycles. The smallest absolute Gasteiger partial charge is 0.310 e. The molecule has 31 heavy (non-hydrogen) atoms. The van der Waals surface area contributed by atoms with Gasteiger partial charge >= 0.3 is 5.69 Å². The Labute approximate surface area is 181 Å². The van der Waals surface area contributed by atoms with Crippen molar-refractivity contribution in [2.45, 2.75) is 6.42 Å². The van der Waals surface area contributed by atoms with Gasteiger partial charge in [-0.05, 0) is 42.0 Å². The highest BCUT2D eigenvalue weighted by atomic mass is 35.5. The number of para-hydroxylation sites is 2. The summed E-state index contributed by atoms with van der Waals surface area (Å²) in [6.07, 6.45) is 0.511. The van der Waals surface area contributed by atoms with Crippen molar-refractivity contribution in [1.29, 1.82) is 0 Å². The van der Waals surface area contributed by atoms with Crippen molar-refractivity contribution in [2.75, 3.05) is 11.9 Å². The Bertz CT molecular complexity index is 1250. The van der Waals surface area contributed by atoms with Crippen LogP contribution < -0.4 is 10.1 Å². The Morgan fingerprint density at radius 3 is 2.68 bits per heavy atom. The van der Waals surface area contributed by atoms with Gasteiger partial charge in [0.1, 0.15) is 5.52 Å². The van der Waals surface area contributed by atoms with Crippen molar-refractivity contribution in [3.63, 3.8) is 0 Å². The van der Waals surface area contributed by atoms with E-state index in [1.165, 1.54) is 18.2 Å². The van der Waals surface area contributed by atoms with E-state index >= 15 is 0 Å². The van der Waals surface area contributed by atoms with Gasteiger partial charge < -0.3 is 14.5 Å². The van der Waals surface area contributed by atoms with E-state index in [4.69, 9.17) is 20.8 Å². The summed E-state index contributed by atoms with van der Waals surface area (Å²) in [6.45, 7) is -0.372. The molecule has 0 aliphatic rings. The average molecular weight is 438 g/mol. The number of nitro benzene ring substituents is 1. The van der Waals surface area contributed by atoms with Crippen LogP contribution in [0.4, 0.5) is 11.4 Å². The Kier molecular flexibility index (Phi) is 5.81. The maximum atomic E-state index is 12.2. The molecule has 0 atom stereocenters. The number of nitrogens with zero attached hydrogens (tertiary/aromatic N) is 2. The van der Waals surface area contributed by atoms with Crippen LogP contribution in [0.25, 0.3) is 11.1 Å². The minimum absolute atomic E-state index is 0.0291. The number of ether oxygens (including phenoxy) is 1. The molecule has 156 valence electrons. The van der Waals surface area contributed by atoms with Gasteiger partial charge in [-0.25, -0.2) is 4.98 Å². The third-order valence-corrected chi connectivity index (χ3v) is 4.66. The molecule has 0 radical (unpaired) electrons. The highest BCUT2D eigenvalue weighted by Crippen LogP contribution is 2.26. The molecule has 0 unspecified atom stereocenters. The predicted molar refractivity (Wildman–Crippen MR) is 115 cm³/mol. The first-order valence-corrected chi connectivity index (χ1v) is 9.66. The molecule has 9 heteroatoms. The first-order valence-electron chi connectivity index (χ1n) is 9.28. The quantitative estimate of drug-likeness (QED) is 0.322. The van der Waals surface area contributed by atoms with Gasteiger partial charge in [-0.2, -0.15) is 0 Å². The van der Waals surface area contributed by atoms with Gasteiger partial charge in [-0.15, -0.1) is 0 Å². The van der Waals surface area contributed by atoms with Gasteiger partial charge in [0, 0.05) is 23.2 Å². The molecule has 4 rings (SSSR count). The fraction of sp³-hybridized carbons (Fsp3) is 0.0909. The number of carbonyl (C=O) groups is 1. The predicted octanol–water partition coefficient (Wildman–Crippen LogP) is 5.00. The van der Waals surface area contributed by atoms with Crippen molar-refractivity contribution in [2.24, 2.45) is 0 Å². The lowest BCUT2D eigenvalue weighted by Gasteiger charge is -2.07. The zero-order valence-electron chi connectivity index (χ0n) is 16.1. The van der Waals surface area contributed by atoms with Gasteiger partial charge in [0.05, 0.1) is 4.92 Å². The molecule has 0 aliphatic heterocycles. The van der Waals surface area contributed by atoms with Crippen LogP contribution in [0.2, 0.25) is 5.02 Å². The van der Waals surface area contributed by atoms with Crippen LogP contribution in [0.3, 0.4) is 0 Å². The average Bonchev–Trinajstić information content (AvgIpc) is 3.15. The maximum absolute atomic E-state index is 12.2. The Hall–Kier alpha value is -3.91. The van der Waals surface area contributed by atoms with Crippen molar-refractivity contribution >= 4 is 40.0 Å². The molecular formula is C22H16ClN3O5. The van der Waals surface area contributed by atoms with Gasteiger partial charge in [0.25, 0.3) is 5.91 Å². The molecule has 0 saturated heterocycles. The maximum Gasteiger partial charge on any atom is 0.310 e. The topological polar surface area (TPSA) is 108 Å². The van der Waals surface area contributed by atoms with Crippen LogP contribution >= 0.6 is 11.6 Å². The summed E-state index contributed by atoms with van der Waals surface area (Å²) >= 11 is 5.90. The molecular weight excluding hydrogens is 422 g/mol. The standard InChI is InChI=1S/C22H16ClN3O5/c23-15-7-5-14(6-8-15)11-22-25-17-12-16(9-10-19(17)31-22)24-21(27)13-30-20-4-2-1-3-18(20)26(28)29/h1-10,12H,11,13H2,(H,24,27). The van der Waals surface area contributed by atoms with Gasteiger partial charge in [0.15, 0.2) is 23.8 Å². The van der Waals surface area contributed by atoms with Crippen LogP contribution in [-0.4, -0.2) is 22.4 Å². The summed E-state index contributed by atoms with van der Waals surface area (Å²) in [7, 11) is 0. The van der Waals surface area contributed by atoms with Crippen molar-refractivity contribution in [3.05, 3.63) is 93.3 Å². The normalized spacial score (nSPS) is 10.7. The molecule has 4 aromatic rings. The van der Waals surface area contributed by atoms with Gasteiger partial charge in [0.2, 0.25) is 0 Å². The molecule has 1 amide bonds. The minimum atomic E-state index is -0.562. The summed E-state index contributed by atoms with van der Waals surface area (Å²) in [4.78, 5) is 27.1. The van der Waals surface area contributed by atoms with Gasteiger partial charge in [-0.1, -0.05) is 35.9 Å². The molecule has 1 aromatic heterocycles. The second-order valence-corrected chi connectivity index (χ2v) is 7.09. The molecule has 3 aromatic carbocycles. The van der Waals surface area contributed by atoms with Crippen molar-refractivity contribution in [3.8, 4) is 5.75 Å². The molecule has 1 heterocycles. The Morgan fingerprint density at radius 2 is 1.90 bits per heavy atom. The summed E-state index contributed by atoms with van der Waals surface area (Å²) < 4.78 is 11.1. The van der Waals surface area contributed by atoms with Crippen LogP contribution in [-0.2, 0) is 11.2 Å². The van der Waals surface area contributed by atoms with E-state index in [9.17, 15) is 14.9 Å². The Balaban J connectivity index is 1.41. The zero-order valence-corrected chi connectivity index (χ0v) is 16.8. The molecule has 0 spiro atoms. The van der Waals surface area contributed by atoms with Gasteiger partial charge in [-0.3, -0.25) is 14.9 Å². The van der Waals surface area contributed by atoms with E-state index in [1.807, 2.05) is 12.1 Å². The second kappa shape index (κ2) is 8.85. The highest BCUT2D eigenvalue weighted by molar-refractivity contribution is 6.30. The number of oxazole rings is 1. The molecule has 0 fully saturated rings. The monoisotopic (exact) mass is 437 g/mol. The van der Waals surface area contributed by atoms with Crippen LogP contribution in [0.15, 0.2) is 71.1 Å². The molecule has 8 nitrogen and oxygen atoms in total. The van der Waals surface area contributed by atoms with Crippen molar-refractivity contribution in [1.82, 2.24) is 4.98 Å². The number of aromatic nitrogens is 1. The molecule has 0 aliphatic carbocycles. The zero-order chi connectivity index (χ0) is 21.8. The summed E-state index contributed by atoms with van der Waals surface area (Å²) in [5, 5.41) is 14.4. The lowest BCUT2D eigenvalue weighted by molar-refractivity contribution is -0.385. The minimum Gasteiger partial charge on any atom is -0.477 e. The fourth-order valence-corrected chi connectivity index (χ4v) is 3.10. The number of nitrogens with one attached hydrogen (secondary N) is 1. The number of halogens is 1. The van der Waals surface area contributed by atoms with E-state index in [1.54, 1.807) is 36.4 Å². The number of hydrogen-bond acceptors (Lipinski definition) is 6. The summed E-state index contributed by atoms with van der Waals surface area (Å²) in [6, 6.07) is 18.4. The highest BCUT2D eigenvalue weighted by Gasteiger charge is 2.15. The first kappa shape index (κ1) is 20.4. The van der Waals surface area contributed by atoms with Crippen LogP contribution in [0.1, 0.15) is 11.5 Å². The van der Waals surface area contributed by atoms with Crippen LogP contribution in [0.5, 0.6) is 5.75 Å². The number of nitro groups is 1. The fourth-order valence-electron chi connectivity index (χ4n) is 2.98. The van der Waals surface area contributed by atoms with E-state index in [-0.39, 0.29) is 18.0 Å². The molecule has 0 bridgehead atoms. The van der Waals surface area contributed by atoms with Crippen molar-refractivity contribution < 1.29 is 18.9 Å². The van der Waals surface area contributed by atoms with Crippen LogP contribution in [0, 0.1) is 10.1 Å². The lowest BCUT2D eigenvalue weighted by atomic mass is 10.1. The second-order valence-electron chi connectivity index (χ2n) is 6.66. The molecule has 1 N–H and O–H groups in total. The van der Waals surface area contributed by atoms with E-state index in [0.29, 0.717) is 34.1 Å². The number of amides is 1. The SMILES string of the molecule is O=C(COc1ccccc1[N+](=O)[O-])Nc1ccc2oc(Cc3ccc(Cl)cc3)nc2c1. The number of rotatable bonds is 7. The first-order chi connectivity index (χ1) is 15.0. The number of fused-ring (bicyclic) bond motifs is 1. The summed E-state index contributed by atoms with van der Waals surface area (Å²) in [5.74, 6) is 0.115.